The molecule has 0 aliphatic rings. The largest absolute Gasteiger partial charge is 0.480 e. The van der Waals surface area contributed by atoms with Crippen molar-refractivity contribution < 1.29 is 22.9 Å². The second-order valence-corrected chi connectivity index (χ2v) is 7.96. The molecule has 0 fully saturated rings. The summed E-state index contributed by atoms with van der Waals surface area (Å²) in [6.45, 7) is 2.22. The smallest absolute Gasteiger partial charge is 0.324 e. The van der Waals surface area contributed by atoms with Crippen molar-refractivity contribution in [3.63, 3.8) is 0 Å². The van der Waals surface area contributed by atoms with E-state index in [4.69, 9.17) is 9.66 Å². The third-order valence-corrected chi connectivity index (χ3v) is 5.27. The fourth-order valence-electron chi connectivity index (χ4n) is 2.62. The number of unbranched alkanes of at least 4 members (excludes halogenated alkanes) is 10. The average molecular weight is 363 g/mol. The Morgan fingerprint density at radius 2 is 1.33 bits per heavy atom. The first-order chi connectivity index (χ1) is 11.4. The molecule has 0 heterocycles. The lowest BCUT2D eigenvalue weighted by Gasteiger charge is -2.08. The Morgan fingerprint density at radius 1 is 0.875 bits per heavy atom. The molecule has 142 valence electrons. The number of hydrogen-bond donors (Lipinski definition) is 2. The lowest BCUT2D eigenvalue weighted by molar-refractivity contribution is -0.136. The molecule has 0 aromatic rings. The Bertz CT molecular complexity index is 442. The van der Waals surface area contributed by atoms with Crippen molar-refractivity contribution in [3.05, 3.63) is 12.2 Å². The van der Waals surface area contributed by atoms with Gasteiger partial charge in [0.1, 0.15) is 0 Å². The van der Waals surface area contributed by atoms with E-state index in [1.807, 2.05) is 0 Å². The lowest BCUT2D eigenvalue weighted by atomic mass is 10.1. The van der Waals surface area contributed by atoms with Crippen LogP contribution in [-0.2, 0) is 14.9 Å². The van der Waals surface area contributed by atoms with Crippen molar-refractivity contribution >= 4 is 16.1 Å². The van der Waals surface area contributed by atoms with Crippen molar-refractivity contribution in [1.82, 2.24) is 0 Å². The highest BCUT2D eigenvalue weighted by molar-refractivity contribution is 7.87. The highest BCUT2D eigenvalue weighted by Crippen LogP contribution is 2.13. The fraction of sp³-hybridized carbons (Fsp3) is 0.833. The van der Waals surface area contributed by atoms with Crippen LogP contribution < -0.4 is 0 Å². The van der Waals surface area contributed by atoms with E-state index in [1.54, 1.807) is 0 Å². The van der Waals surface area contributed by atoms with Crippen LogP contribution in [0, 0.1) is 0 Å². The second-order valence-electron chi connectivity index (χ2n) is 6.36. The summed E-state index contributed by atoms with van der Waals surface area (Å²) in [7, 11) is -4.49. The van der Waals surface area contributed by atoms with Gasteiger partial charge in [0.25, 0.3) is 10.1 Å². The third kappa shape index (κ3) is 13.5. The number of carboxylic acid groups (broad SMARTS) is 1. The van der Waals surface area contributed by atoms with Gasteiger partial charge in [0.15, 0.2) is 5.25 Å². The Morgan fingerprint density at radius 3 is 1.79 bits per heavy atom. The van der Waals surface area contributed by atoms with Gasteiger partial charge in [-0.15, -0.1) is 0 Å². The molecule has 1 unspecified atom stereocenters. The molecule has 5 nitrogen and oxygen atoms in total. The number of carbonyl (C=O) groups is 1. The summed E-state index contributed by atoms with van der Waals surface area (Å²) in [4.78, 5) is 10.8. The Labute approximate surface area is 147 Å². The molecule has 0 bridgehead atoms. The van der Waals surface area contributed by atoms with Crippen LogP contribution >= 0.6 is 0 Å². The molecule has 0 aromatic heterocycles. The predicted molar refractivity (Wildman–Crippen MR) is 97.8 cm³/mol. The van der Waals surface area contributed by atoms with E-state index in [0.717, 1.165) is 32.1 Å². The van der Waals surface area contributed by atoms with Crippen molar-refractivity contribution in [2.75, 3.05) is 0 Å². The second kappa shape index (κ2) is 14.5. The van der Waals surface area contributed by atoms with Crippen LogP contribution in [0.1, 0.15) is 90.4 Å². The van der Waals surface area contributed by atoms with Gasteiger partial charge in [-0.3, -0.25) is 9.35 Å². The van der Waals surface area contributed by atoms with Crippen LogP contribution in [0.3, 0.4) is 0 Å². The minimum atomic E-state index is -4.49. The highest BCUT2D eigenvalue weighted by atomic mass is 32.2. The molecule has 2 N–H and O–H groups in total. The van der Waals surface area contributed by atoms with Crippen molar-refractivity contribution in [2.45, 2.75) is 95.6 Å². The summed E-state index contributed by atoms with van der Waals surface area (Å²) in [5.41, 5.74) is 0. The van der Waals surface area contributed by atoms with Gasteiger partial charge in [0.2, 0.25) is 0 Å². The maximum atomic E-state index is 10.9. The van der Waals surface area contributed by atoms with Crippen LogP contribution in [0.15, 0.2) is 12.2 Å². The topological polar surface area (TPSA) is 91.7 Å². The number of aliphatic carboxylic acids is 1. The highest BCUT2D eigenvalue weighted by Gasteiger charge is 2.29. The minimum Gasteiger partial charge on any atom is -0.480 e. The molecule has 0 saturated carbocycles. The van der Waals surface area contributed by atoms with E-state index in [1.165, 1.54) is 38.5 Å². The Balaban J connectivity index is 3.50. The van der Waals surface area contributed by atoms with E-state index in [-0.39, 0.29) is 6.42 Å². The summed E-state index contributed by atoms with van der Waals surface area (Å²) in [5, 5.41) is 7.08. The van der Waals surface area contributed by atoms with Crippen LogP contribution in [0.2, 0.25) is 0 Å². The molecule has 0 aliphatic heterocycles. The molecule has 0 aliphatic carbocycles. The first-order valence-corrected chi connectivity index (χ1v) is 10.7. The van der Waals surface area contributed by atoms with Gasteiger partial charge in [-0.25, -0.2) is 0 Å². The first-order valence-electron chi connectivity index (χ1n) is 9.23. The Kier molecular flexibility index (Phi) is 13.9. The molecule has 0 saturated heterocycles. The van der Waals surface area contributed by atoms with Crippen molar-refractivity contribution in [3.8, 4) is 0 Å². The number of allylic oxidation sites excluding steroid dienone is 2. The maximum Gasteiger partial charge on any atom is 0.324 e. The molecule has 24 heavy (non-hydrogen) atoms. The molecule has 0 spiro atoms. The molecular weight excluding hydrogens is 328 g/mol. The zero-order valence-electron chi connectivity index (χ0n) is 15.0. The molecule has 0 radical (unpaired) electrons. The molecule has 0 rings (SSSR count). The van der Waals surface area contributed by atoms with Crippen LogP contribution in [0.25, 0.3) is 0 Å². The van der Waals surface area contributed by atoms with E-state index >= 15 is 0 Å². The van der Waals surface area contributed by atoms with Gasteiger partial charge >= 0.3 is 5.97 Å². The zero-order chi connectivity index (χ0) is 18.3. The van der Waals surface area contributed by atoms with E-state index in [0.29, 0.717) is 6.42 Å². The quantitative estimate of drug-likeness (QED) is 0.230. The van der Waals surface area contributed by atoms with Gasteiger partial charge in [0, 0.05) is 0 Å². The third-order valence-electron chi connectivity index (χ3n) is 4.11. The van der Waals surface area contributed by atoms with Gasteiger partial charge < -0.3 is 5.11 Å². The average Bonchev–Trinajstić information content (AvgIpc) is 2.49. The SMILES string of the molecule is CCCCCCCC/C=C\CCCCCCC(C(=O)O)S(=O)(=O)O. The summed E-state index contributed by atoms with van der Waals surface area (Å²) < 4.78 is 30.6. The van der Waals surface area contributed by atoms with Crippen LogP contribution in [-0.4, -0.2) is 29.3 Å². The summed E-state index contributed by atoms with van der Waals surface area (Å²) >= 11 is 0. The van der Waals surface area contributed by atoms with Crippen molar-refractivity contribution in [2.24, 2.45) is 0 Å². The molecule has 0 aromatic carbocycles. The van der Waals surface area contributed by atoms with Gasteiger partial charge in [-0.2, -0.15) is 8.42 Å². The van der Waals surface area contributed by atoms with Crippen molar-refractivity contribution in [1.29, 1.82) is 0 Å². The fourth-order valence-corrected chi connectivity index (χ4v) is 3.34. The van der Waals surface area contributed by atoms with E-state index in [9.17, 15) is 13.2 Å². The van der Waals surface area contributed by atoms with Gasteiger partial charge in [-0.05, 0) is 32.1 Å². The molecular formula is C18H34O5S. The molecule has 6 heteroatoms. The summed E-state index contributed by atoms with van der Waals surface area (Å²) in [6.07, 6.45) is 17.7. The summed E-state index contributed by atoms with van der Waals surface area (Å²) in [6, 6.07) is 0. The van der Waals surface area contributed by atoms with E-state index in [2.05, 4.69) is 19.1 Å². The molecule has 0 amide bonds. The lowest BCUT2D eigenvalue weighted by Crippen LogP contribution is -2.29. The number of hydrogen-bond acceptors (Lipinski definition) is 3. The predicted octanol–water partition coefficient (Wildman–Crippen LogP) is 4.97. The standard InChI is InChI=1S/C18H34O5S/c1-2-3-4-5-6-7-8-9-10-11-12-13-14-15-16-17(18(19)20)24(21,22)23/h9-10,17H,2-8,11-16H2,1H3,(H,19,20)(H,21,22,23)/b10-9-. The summed E-state index contributed by atoms with van der Waals surface area (Å²) in [5.74, 6) is -1.48. The van der Waals surface area contributed by atoms with E-state index < -0.39 is 21.3 Å². The zero-order valence-corrected chi connectivity index (χ0v) is 15.8. The van der Waals surface area contributed by atoms with Crippen LogP contribution in [0.4, 0.5) is 0 Å². The number of carboxylic acids is 1. The minimum absolute atomic E-state index is 0.0258. The van der Waals surface area contributed by atoms with Gasteiger partial charge in [-0.1, -0.05) is 70.4 Å². The number of rotatable bonds is 16. The normalized spacial score (nSPS) is 13.4. The Hall–Kier alpha value is -0.880. The monoisotopic (exact) mass is 362 g/mol. The maximum absolute atomic E-state index is 10.9. The van der Waals surface area contributed by atoms with Gasteiger partial charge in [0.05, 0.1) is 0 Å². The molecule has 1 atom stereocenters. The first kappa shape index (κ1) is 23.1. The van der Waals surface area contributed by atoms with Crippen LogP contribution in [0.5, 0.6) is 0 Å².